The van der Waals surface area contributed by atoms with Crippen LogP contribution in [0.15, 0.2) is 91.1 Å². The molecule has 0 fully saturated rings. The monoisotopic (exact) mass is 367 g/mol. The minimum atomic E-state index is -1.01. The Balaban J connectivity index is 1.92. The summed E-state index contributed by atoms with van der Waals surface area (Å²) in [5, 5.41) is 9.67. The molecule has 4 aromatic rings. The van der Waals surface area contributed by atoms with Gasteiger partial charge in [-0.15, -0.1) is 0 Å². The van der Waals surface area contributed by atoms with Gasteiger partial charge in [-0.25, -0.2) is 4.79 Å². The first kappa shape index (κ1) is 17.5. The van der Waals surface area contributed by atoms with Crippen molar-refractivity contribution in [3.05, 3.63) is 108 Å². The van der Waals surface area contributed by atoms with Gasteiger partial charge in [0.25, 0.3) is 0 Å². The van der Waals surface area contributed by atoms with E-state index in [0.29, 0.717) is 11.1 Å². The quantitative estimate of drug-likeness (QED) is 0.401. The molecule has 0 radical (unpaired) electrons. The molecule has 4 nitrogen and oxygen atoms in total. The third-order valence-electron chi connectivity index (χ3n) is 4.56. The average Bonchev–Trinajstić information content (AvgIpc) is 3.12. The lowest BCUT2D eigenvalue weighted by Crippen LogP contribution is -2.00. The normalized spacial score (nSPS) is 11.1. The van der Waals surface area contributed by atoms with Gasteiger partial charge in [0.05, 0.1) is 5.52 Å². The minimum Gasteiger partial charge on any atom is -0.478 e. The van der Waals surface area contributed by atoms with Crippen LogP contribution in [0.4, 0.5) is 0 Å². The van der Waals surface area contributed by atoms with Crippen molar-refractivity contribution in [1.82, 2.24) is 4.57 Å². The van der Waals surface area contributed by atoms with Crippen LogP contribution >= 0.6 is 0 Å². The van der Waals surface area contributed by atoms with Crippen LogP contribution in [0.5, 0.6) is 0 Å². The molecule has 1 N–H and O–H groups in total. The number of benzene rings is 3. The molecule has 0 aliphatic rings. The molecule has 1 heterocycles. The molecule has 0 saturated carbocycles. The number of fused-ring (bicyclic) bond motifs is 1. The Kier molecular flexibility index (Phi) is 4.60. The lowest BCUT2D eigenvalue weighted by atomic mass is 10.0. The third-order valence-corrected chi connectivity index (χ3v) is 4.56. The van der Waals surface area contributed by atoms with Crippen LogP contribution in [0.25, 0.3) is 22.7 Å². The maximum absolute atomic E-state index is 13.2. The van der Waals surface area contributed by atoms with Gasteiger partial charge in [-0.2, -0.15) is 0 Å². The van der Waals surface area contributed by atoms with Gasteiger partial charge in [0.15, 0.2) is 5.78 Å². The summed E-state index contributed by atoms with van der Waals surface area (Å²) in [6.07, 6.45) is 4.46. The molecule has 4 rings (SSSR count). The summed E-state index contributed by atoms with van der Waals surface area (Å²) in [4.78, 5) is 24.0. The Morgan fingerprint density at radius 2 is 1.54 bits per heavy atom. The number of hydrogen-bond acceptors (Lipinski definition) is 2. The van der Waals surface area contributed by atoms with E-state index in [1.54, 1.807) is 12.1 Å². The van der Waals surface area contributed by atoms with E-state index in [1.165, 1.54) is 6.08 Å². The first-order chi connectivity index (χ1) is 13.6. The Morgan fingerprint density at radius 1 is 0.857 bits per heavy atom. The molecule has 0 amide bonds. The van der Waals surface area contributed by atoms with E-state index in [9.17, 15) is 9.59 Å². The van der Waals surface area contributed by atoms with Crippen LogP contribution in [0.3, 0.4) is 0 Å². The lowest BCUT2D eigenvalue weighted by molar-refractivity contribution is -0.131. The maximum Gasteiger partial charge on any atom is 0.328 e. The number of rotatable bonds is 5. The van der Waals surface area contributed by atoms with Gasteiger partial charge in [-0.05, 0) is 35.9 Å². The number of aliphatic carboxylic acids is 1. The van der Waals surface area contributed by atoms with Crippen molar-refractivity contribution >= 4 is 28.7 Å². The predicted molar refractivity (Wildman–Crippen MR) is 110 cm³/mol. The second-order valence-corrected chi connectivity index (χ2v) is 6.39. The van der Waals surface area contributed by atoms with Crippen LogP contribution in [0, 0.1) is 0 Å². The number of carboxylic acids is 1. The van der Waals surface area contributed by atoms with E-state index in [2.05, 4.69) is 0 Å². The summed E-state index contributed by atoms with van der Waals surface area (Å²) in [5.74, 6) is -1.08. The summed E-state index contributed by atoms with van der Waals surface area (Å²) in [6.45, 7) is 0. The number of hydrogen-bond donors (Lipinski definition) is 1. The van der Waals surface area contributed by atoms with Crippen molar-refractivity contribution in [2.24, 2.45) is 0 Å². The molecule has 136 valence electrons. The predicted octanol–water partition coefficient (Wildman–Crippen LogP) is 4.96. The van der Waals surface area contributed by atoms with Gasteiger partial charge in [0, 0.05) is 34.5 Å². The van der Waals surface area contributed by atoms with Gasteiger partial charge >= 0.3 is 5.97 Å². The molecule has 0 aliphatic heterocycles. The Morgan fingerprint density at radius 3 is 2.21 bits per heavy atom. The number of carbonyl (C=O) groups excluding carboxylic acids is 1. The van der Waals surface area contributed by atoms with Crippen molar-refractivity contribution < 1.29 is 14.7 Å². The van der Waals surface area contributed by atoms with Gasteiger partial charge < -0.3 is 9.67 Å². The van der Waals surface area contributed by atoms with Crippen LogP contribution in [0.2, 0.25) is 0 Å². The molecule has 0 unspecified atom stereocenters. The first-order valence-electron chi connectivity index (χ1n) is 8.85. The minimum absolute atomic E-state index is 0.0698. The highest BCUT2D eigenvalue weighted by Crippen LogP contribution is 2.28. The highest BCUT2D eigenvalue weighted by Gasteiger charge is 2.17. The number of carboxylic acid groups (broad SMARTS) is 1. The largest absolute Gasteiger partial charge is 0.478 e. The molecule has 0 saturated heterocycles. The fourth-order valence-corrected chi connectivity index (χ4v) is 3.25. The molecule has 1 aromatic heterocycles. The van der Waals surface area contributed by atoms with E-state index in [1.807, 2.05) is 77.5 Å². The second-order valence-electron chi connectivity index (χ2n) is 6.39. The SMILES string of the molecule is O=C(O)/C=C/c1ccc2c(c1)c(C(=O)c1ccccc1)cn2-c1ccccc1. The van der Waals surface area contributed by atoms with Crippen molar-refractivity contribution in [1.29, 1.82) is 0 Å². The zero-order valence-corrected chi connectivity index (χ0v) is 14.9. The summed E-state index contributed by atoms with van der Waals surface area (Å²) < 4.78 is 1.98. The number of aromatic nitrogens is 1. The summed E-state index contributed by atoms with van der Waals surface area (Å²) in [7, 11) is 0. The van der Waals surface area contributed by atoms with Crippen LogP contribution in [0.1, 0.15) is 21.5 Å². The molecule has 0 atom stereocenters. The Bertz CT molecular complexity index is 1190. The van der Waals surface area contributed by atoms with Crippen LogP contribution < -0.4 is 0 Å². The van der Waals surface area contributed by atoms with Crippen molar-refractivity contribution in [3.8, 4) is 5.69 Å². The number of para-hydroxylation sites is 1. The maximum atomic E-state index is 13.2. The van der Waals surface area contributed by atoms with Gasteiger partial charge in [0.2, 0.25) is 0 Å². The van der Waals surface area contributed by atoms with Gasteiger partial charge in [0.1, 0.15) is 0 Å². The third kappa shape index (κ3) is 3.35. The molecule has 0 aliphatic carbocycles. The zero-order chi connectivity index (χ0) is 19.5. The lowest BCUT2D eigenvalue weighted by Gasteiger charge is -2.05. The molecular weight excluding hydrogens is 350 g/mol. The smallest absolute Gasteiger partial charge is 0.328 e. The molecule has 0 bridgehead atoms. The number of carbonyl (C=O) groups is 2. The zero-order valence-electron chi connectivity index (χ0n) is 14.9. The fourth-order valence-electron chi connectivity index (χ4n) is 3.25. The molecular formula is C24H17NO3. The van der Waals surface area contributed by atoms with Gasteiger partial charge in [-0.1, -0.05) is 54.6 Å². The van der Waals surface area contributed by atoms with Crippen molar-refractivity contribution in [2.45, 2.75) is 0 Å². The van der Waals surface area contributed by atoms with E-state index < -0.39 is 5.97 Å². The van der Waals surface area contributed by atoms with Crippen molar-refractivity contribution in [3.63, 3.8) is 0 Å². The molecule has 3 aromatic carbocycles. The average molecular weight is 367 g/mol. The summed E-state index contributed by atoms with van der Waals surface area (Å²) in [5.41, 5.74) is 3.76. The van der Waals surface area contributed by atoms with Crippen LogP contribution in [-0.4, -0.2) is 21.4 Å². The van der Waals surface area contributed by atoms with Crippen molar-refractivity contribution in [2.75, 3.05) is 0 Å². The molecule has 4 heteroatoms. The topological polar surface area (TPSA) is 59.3 Å². The fraction of sp³-hybridized carbons (Fsp3) is 0. The molecule has 28 heavy (non-hydrogen) atoms. The van der Waals surface area contributed by atoms with E-state index in [0.717, 1.165) is 28.2 Å². The highest BCUT2D eigenvalue weighted by atomic mass is 16.4. The number of ketones is 1. The number of nitrogens with zero attached hydrogens (tertiary/aromatic N) is 1. The molecule has 0 spiro atoms. The highest BCUT2D eigenvalue weighted by molar-refractivity contribution is 6.17. The Hall–Kier alpha value is -3.92. The van der Waals surface area contributed by atoms with E-state index >= 15 is 0 Å². The first-order valence-corrected chi connectivity index (χ1v) is 8.85. The summed E-state index contributed by atoms with van der Waals surface area (Å²) in [6, 6.07) is 24.5. The van der Waals surface area contributed by atoms with Crippen LogP contribution in [-0.2, 0) is 4.79 Å². The van der Waals surface area contributed by atoms with E-state index in [4.69, 9.17) is 5.11 Å². The summed E-state index contributed by atoms with van der Waals surface area (Å²) >= 11 is 0. The van der Waals surface area contributed by atoms with Gasteiger partial charge in [-0.3, -0.25) is 4.79 Å². The van der Waals surface area contributed by atoms with E-state index in [-0.39, 0.29) is 5.78 Å². The second kappa shape index (κ2) is 7.37. The standard InChI is InChI=1S/C24H17NO3/c26-23(27)14-12-17-11-13-22-20(15-17)21(24(28)18-7-3-1-4-8-18)16-25(22)19-9-5-2-6-10-19/h1-16H,(H,26,27)/b14-12+. The Labute approximate surface area is 162 Å².